The third-order valence-electron chi connectivity index (χ3n) is 3.20. The standard InChI is InChI=1S/C15H19N3O2S/c1-4-13-15(6-5-14(18-13)11(2)3)21(19,20)9-12-7-8-16-10-17-12/h5-8,10-11H,4,9H2,1-3H3. The number of aryl methyl sites for hydroxylation is 1. The van der Waals surface area contributed by atoms with E-state index in [2.05, 4.69) is 15.0 Å². The molecule has 2 aromatic rings. The van der Waals surface area contributed by atoms with Crippen molar-refractivity contribution < 1.29 is 8.42 Å². The van der Waals surface area contributed by atoms with Gasteiger partial charge >= 0.3 is 0 Å². The second-order valence-corrected chi connectivity index (χ2v) is 7.11. The summed E-state index contributed by atoms with van der Waals surface area (Å²) in [5.41, 5.74) is 2.02. The van der Waals surface area contributed by atoms with E-state index in [0.717, 1.165) is 5.69 Å². The Bertz CT molecular complexity index is 713. The molecule has 0 saturated heterocycles. The molecule has 21 heavy (non-hydrogen) atoms. The molecule has 0 aliphatic carbocycles. The van der Waals surface area contributed by atoms with Crippen LogP contribution in [0.3, 0.4) is 0 Å². The van der Waals surface area contributed by atoms with Crippen LogP contribution in [-0.2, 0) is 22.0 Å². The van der Waals surface area contributed by atoms with E-state index in [0.29, 0.717) is 22.7 Å². The van der Waals surface area contributed by atoms with Crippen molar-refractivity contribution in [2.24, 2.45) is 0 Å². The predicted molar refractivity (Wildman–Crippen MR) is 80.6 cm³/mol. The second kappa shape index (κ2) is 6.30. The molecule has 6 heteroatoms. The van der Waals surface area contributed by atoms with Gasteiger partial charge in [0.05, 0.1) is 22.0 Å². The zero-order valence-electron chi connectivity index (χ0n) is 12.4. The minimum atomic E-state index is -3.45. The van der Waals surface area contributed by atoms with Crippen LogP contribution in [0.1, 0.15) is 43.8 Å². The van der Waals surface area contributed by atoms with E-state index in [1.165, 1.54) is 6.33 Å². The summed E-state index contributed by atoms with van der Waals surface area (Å²) >= 11 is 0. The number of rotatable bonds is 5. The van der Waals surface area contributed by atoms with E-state index in [4.69, 9.17) is 0 Å². The van der Waals surface area contributed by atoms with Crippen molar-refractivity contribution >= 4 is 9.84 Å². The van der Waals surface area contributed by atoms with Gasteiger partial charge in [0.15, 0.2) is 9.84 Å². The van der Waals surface area contributed by atoms with Gasteiger partial charge in [-0.1, -0.05) is 20.8 Å². The zero-order chi connectivity index (χ0) is 15.5. The summed E-state index contributed by atoms with van der Waals surface area (Å²) in [5, 5.41) is 0. The summed E-state index contributed by atoms with van der Waals surface area (Å²) in [7, 11) is -3.45. The van der Waals surface area contributed by atoms with Crippen molar-refractivity contribution in [3.05, 3.63) is 47.8 Å². The van der Waals surface area contributed by atoms with Gasteiger partial charge in [-0.15, -0.1) is 0 Å². The van der Waals surface area contributed by atoms with Gasteiger partial charge in [0, 0.05) is 11.9 Å². The molecule has 0 radical (unpaired) electrons. The fraction of sp³-hybridized carbons (Fsp3) is 0.400. The number of nitrogens with zero attached hydrogens (tertiary/aromatic N) is 3. The molecule has 112 valence electrons. The Balaban J connectivity index is 2.40. The van der Waals surface area contributed by atoms with Gasteiger partial charge in [-0.3, -0.25) is 4.98 Å². The number of pyridine rings is 1. The molecule has 2 rings (SSSR count). The van der Waals surface area contributed by atoms with E-state index < -0.39 is 9.84 Å². The van der Waals surface area contributed by atoms with Gasteiger partial charge in [-0.25, -0.2) is 18.4 Å². The molecule has 0 fully saturated rings. The summed E-state index contributed by atoms with van der Waals surface area (Å²) in [4.78, 5) is 12.6. The summed E-state index contributed by atoms with van der Waals surface area (Å²) < 4.78 is 25.1. The average molecular weight is 305 g/mol. The minimum absolute atomic E-state index is 0.134. The lowest BCUT2D eigenvalue weighted by Gasteiger charge is -2.12. The quantitative estimate of drug-likeness (QED) is 0.848. The van der Waals surface area contributed by atoms with Crippen molar-refractivity contribution in [1.82, 2.24) is 15.0 Å². The molecular weight excluding hydrogens is 286 g/mol. The molecule has 0 N–H and O–H groups in total. The molecule has 5 nitrogen and oxygen atoms in total. The third kappa shape index (κ3) is 3.64. The maximum absolute atomic E-state index is 12.6. The molecule has 0 unspecified atom stereocenters. The van der Waals surface area contributed by atoms with Gasteiger partial charge in [0.25, 0.3) is 0 Å². The van der Waals surface area contributed by atoms with Gasteiger partial charge in [-0.05, 0) is 30.5 Å². The molecule has 0 amide bonds. The lowest BCUT2D eigenvalue weighted by atomic mass is 10.1. The Labute approximate surface area is 125 Å². The average Bonchev–Trinajstić information content (AvgIpc) is 2.47. The van der Waals surface area contributed by atoms with Crippen molar-refractivity contribution in [3.63, 3.8) is 0 Å². The van der Waals surface area contributed by atoms with Crippen LogP contribution in [-0.4, -0.2) is 23.4 Å². The summed E-state index contributed by atoms with van der Waals surface area (Å²) in [6.45, 7) is 5.99. The molecule has 0 bridgehead atoms. The van der Waals surface area contributed by atoms with Crippen LogP contribution in [0.15, 0.2) is 35.6 Å². The highest BCUT2D eigenvalue weighted by molar-refractivity contribution is 7.90. The second-order valence-electron chi connectivity index (χ2n) is 5.15. The highest BCUT2D eigenvalue weighted by atomic mass is 32.2. The van der Waals surface area contributed by atoms with Crippen LogP contribution in [0.25, 0.3) is 0 Å². The van der Waals surface area contributed by atoms with Crippen LogP contribution in [0.5, 0.6) is 0 Å². The molecule has 2 aromatic heterocycles. The normalized spacial score (nSPS) is 11.8. The first-order valence-electron chi connectivity index (χ1n) is 6.91. The third-order valence-corrected chi connectivity index (χ3v) is 4.91. The molecular formula is C15H19N3O2S. The maximum atomic E-state index is 12.6. The number of hydrogen-bond donors (Lipinski definition) is 0. The highest BCUT2D eigenvalue weighted by Gasteiger charge is 2.21. The van der Waals surface area contributed by atoms with Crippen LogP contribution in [0, 0.1) is 0 Å². The molecule has 0 aliphatic rings. The zero-order valence-corrected chi connectivity index (χ0v) is 13.3. The molecule has 0 aliphatic heterocycles. The maximum Gasteiger partial charge on any atom is 0.185 e. The lowest BCUT2D eigenvalue weighted by molar-refractivity contribution is 0.592. The molecule has 0 atom stereocenters. The lowest BCUT2D eigenvalue weighted by Crippen LogP contribution is -2.11. The summed E-state index contributed by atoms with van der Waals surface area (Å²) in [6.07, 6.45) is 3.48. The molecule has 0 saturated carbocycles. The summed E-state index contributed by atoms with van der Waals surface area (Å²) in [5.74, 6) is 0.138. The molecule has 0 aromatic carbocycles. The monoisotopic (exact) mass is 305 g/mol. The Morgan fingerprint density at radius 1 is 1.19 bits per heavy atom. The first-order valence-corrected chi connectivity index (χ1v) is 8.56. The van der Waals surface area contributed by atoms with Gasteiger partial charge in [-0.2, -0.15) is 0 Å². The van der Waals surface area contributed by atoms with E-state index >= 15 is 0 Å². The first-order chi connectivity index (χ1) is 9.94. The first kappa shape index (κ1) is 15.6. The minimum Gasteiger partial charge on any atom is -0.256 e. The van der Waals surface area contributed by atoms with Crippen LogP contribution >= 0.6 is 0 Å². The Hall–Kier alpha value is -1.82. The fourth-order valence-corrected chi connectivity index (χ4v) is 3.58. The van der Waals surface area contributed by atoms with Gasteiger partial charge in [0.2, 0.25) is 0 Å². The number of sulfone groups is 1. The number of hydrogen-bond acceptors (Lipinski definition) is 5. The Morgan fingerprint density at radius 3 is 2.52 bits per heavy atom. The van der Waals surface area contributed by atoms with Crippen LogP contribution in [0.2, 0.25) is 0 Å². The Morgan fingerprint density at radius 2 is 1.95 bits per heavy atom. The largest absolute Gasteiger partial charge is 0.256 e. The van der Waals surface area contributed by atoms with E-state index in [-0.39, 0.29) is 11.7 Å². The van der Waals surface area contributed by atoms with Gasteiger partial charge in [0.1, 0.15) is 6.33 Å². The topological polar surface area (TPSA) is 72.8 Å². The fourth-order valence-electron chi connectivity index (χ4n) is 2.04. The van der Waals surface area contributed by atoms with Crippen molar-refractivity contribution in [1.29, 1.82) is 0 Å². The SMILES string of the molecule is CCc1nc(C(C)C)ccc1S(=O)(=O)Cc1ccncn1. The van der Waals surface area contributed by atoms with Crippen LogP contribution in [0.4, 0.5) is 0 Å². The van der Waals surface area contributed by atoms with E-state index in [1.807, 2.05) is 20.8 Å². The Kier molecular flexibility index (Phi) is 4.67. The number of aromatic nitrogens is 3. The van der Waals surface area contributed by atoms with Crippen molar-refractivity contribution in [3.8, 4) is 0 Å². The van der Waals surface area contributed by atoms with E-state index in [9.17, 15) is 8.42 Å². The molecule has 0 spiro atoms. The highest BCUT2D eigenvalue weighted by Crippen LogP contribution is 2.22. The predicted octanol–water partition coefficient (Wildman–Crippen LogP) is 2.53. The summed E-state index contributed by atoms with van der Waals surface area (Å²) in [6, 6.07) is 5.06. The van der Waals surface area contributed by atoms with Crippen LogP contribution < -0.4 is 0 Å². The van der Waals surface area contributed by atoms with Gasteiger partial charge < -0.3 is 0 Å². The van der Waals surface area contributed by atoms with Crippen molar-refractivity contribution in [2.45, 2.75) is 43.8 Å². The van der Waals surface area contributed by atoms with E-state index in [1.54, 1.807) is 24.4 Å². The van der Waals surface area contributed by atoms with Crippen molar-refractivity contribution in [2.75, 3.05) is 0 Å². The smallest absolute Gasteiger partial charge is 0.185 e. The molecule has 2 heterocycles.